The molecule has 0 saturated carbocycles. The van der Waals surface area contributed by atoms with Gasteiger partial charge in [-0.15, -0.1) is 0 Å². The normalized spacial score (nSPS) is 12.3. The fourth-order valence-corrected chi connectivity index (χ4v) is 8.48. The van der Waals surface area contributed by atoms with Crippen LogP contribution in [0.15, 0.2) is 54.6 Å². The Morgan fingerprint density at radius 2 is 0.778 bits per heavy atom. The summed E-state index contributed by atoms with van der Waals surface area (Å²) in [5.41, 5.74) is 12.8. The molecule has 4 aromatic carbocycles. The number of nitrogens with one attached hydrogen (secondary N) is 2. The number of hydrogen-bond donors (Lipinski definition) is 11. The van der Waals surface area contributed by atoms with Crippen molar-refractivity contribution in [1.82, 2.24) is 10.7 Å². The van der Waals surface area contributed by atoms with Crippen LogP contribution >= 0.6 is 0 Å². The van der Waals surface area contributed by atoms with Gasteiger partial charge in [0.25, 0.3) is 0 Å². The number of anilines is 2. The smallest absolute Gasteiger partial charge is 0.412 e. The van der Waals surface area contributed by atoms with E-state index in [0.717, 1.165) is 38.9 Å². The van der Waals surface area contributed by atoms with E-state index in [1.54, 1.807) is 30.3 Å². The quantitative estimate of drug-likeness (QED) is 0.0371. The molecule has 4 aromatic rings. The van der Waals surface area contributed by atoms with Gasteiger partial charge in [-0.25, -0.2) is 26.3 Å². The SMILES string of the molecule is CC(C)(C)c1cc(CC(=O)NN)cc(C(C)(C)C)c1O.CC(C)(C)c1cc(CNC(=O)O)cc(C(C)(C)C)c1O.CC(C)(C)c1cc(N(C(=O)O)C(C)(C)C)ccc1O.CC(C)(C)c1cc(N(N)C(=O)C(N)=O)cc(C(C)(C)C)c1O. The highest BCUT2D eigenvalue weighted by atomic mass is 16.4. The van der Waals surface area contributed by atoms with E-state index in [9.17, 15) is 49.5 Å². The molecule has 0 aliphatic carbocycles. The maximum absolute atomic E-state index is 11.7. The second-order valence-electron chi connectivity index (χ2n) is 28.7. The van der Waals surface area contributed by atoms with Gasteiger partial charge in [0.1, 0.15) is 23.0 Å². The molecule has 0 atom stereocenters. The lowest BCUT2D eigenvalue weighted by Gasteiger charge is -2.34. The van der Waals surface area contributed by atoms with Gasteiger partial charge in [-0.1, -0.05) is 158 Å². The zero-order valence-electron chi connectivity index (χ0n) is 53.0. The van der Waals surface area contributed by atoms with Gasteiger partial charge in [0, 0.05) is 34.5 Å². The number of primary amides is 1. The summed E-state index contributed by atoms with van der Waals surface area (Å²) in [6.07, 6.45) is -1.84. The van der Waals surface area contributed by atoms with E-state index in [-0.39, 0.29) is 68.3 Å². The van der Waals surface area contributed by atoms with Gasteiger partial charge in [0.2, 0.25) is 5.91 Å². The highest BCUT2D eigenvalue weighted by molar-refractivity contribution is 6.39. The Morgan fingerprint density at radius 1 is 0.469 bits per heavy atom. The molecule has 0 heterocycles. The number of amides is 5. The van der Waals surface area contributed by atoms with E-state index in [1.807, 2.05) is 190 Å². The molecule has 0 bridgehead atoms. The first kappa shape index (κ1) is 72.0. The molecule has 18 heteroatoms. The van der Waals surface area contributed by atoms with Crippen molar-refractivity contribution < 1.29 is 54.6 Å². The van der Waals surface area contributed by atoms with E-state index >= 15 is 0 Å². The molecular weight excluding hydrogens is 1030 g/mol. The maximum Gasteiger partial charge on any atom is 0.412 e. The van der Waals surface area contributed by atoms with E-state index in [0.29, 0.717) is 39.0 Å². The van der Waals surface area contributed by atoms with Crippen LogP contribution in [0, 0.1) is 0 Å². The molecule has 0 unspecified atom stereocenters. The van der Waals surface area contributed by atoms with Crippen LogP contribution in [0.25, 0.3) is 0 Å². The summed E-state index contributed by atoms with van der Waals surface area (Å²) < 4.78 is 0. The lowest BCUT2D eigenvalue weighted by Crippen LogP contribution is -2.45. The molecule has 14 N–H and O–H groups in total. The van der Waals surface area contributed by atoms with E-state index in [1.165, 1.54) is 4.90 Å². The fourth-order valence-electron chi connectivity index (χ4n) is 8.48. The fraction of sp³-hybridized carbons (Fsp3) is 0.540. The first-order chi connectivity index (χ1) is 36.1. The Hall–Kier alpha value is -7.05. The monoisotopic (exact) mass is 1130 g/mol. The number of phenolic OH excluding ortho intramolecular Hbond substituents is 4. The maximum atomic E-state index is 11.7. The van der Waals surface area contributed by atoms with Gasteiger partial charge >= 0.3 is 24.0 Å². The van der Waals surface area contributed by atoms with Crippen LogP contribution < -0.4 is 38.1 Å². The number of hydrogen-bond acceptors (Lipinski definition) is 11. The van der Waals surface area contributed by atoms with Gasteiger partial charge in [-0.2, -0.15) is 0 Å². The van der Waals surface area contributed by atoms with Crippen LogP contribution in [-0.2, 0) is 65.3 Å². The average Bonchev–Trinajstić information content (AvgIpc) is 3.26. The summed E-state index contributed by atoms with van der Waals surface area (Å²) in [5.74, 6) is 9.47. The van der Waals surface area contributed by atoms with Crippen LogP contribution in [0.3, 0.4) is 0 Å². The average molecular weight is 1130 g/mol. The Morgan fingerprint density at radius 3 is 1.05 bits per heavy atom. The third-order valence-electron chi connectivity index (χ3n) is 12.9. The number of nitrogens with two attached hydrogens (primary N) is 3. The van der Waals surface area contributed by atoms with Crippen molar-refractivity contribution in [1.29, 1.82) is 0 Å². The Bertz CT molecular complexity index is 2790. The van der Waals surface area contributed by atoms with Crippen LogP contribution in [0.1, 0.15) is 216 Å². The molecule has 18 nitrogen and oxygen atoms in total. The van der Waals surface area contributed by atoms with Gasteiger partial charge in [-0.05, 0) is 135 Å². The number of hydrazine groups is 2. The van der Waals surface area contributed by atoms with Crippen molar-refractivity contribution in [3.8, 4) is 23.0 Å². The number of benzene rings is 4. The second kappa shape index (κ2) is 26.2. The first-order valence-corrected chi connectivity index (χ1v) is 26.9. The number of carbonyl (C=O) groups excluding carboxylic acids is 3. The molecule has 5 amide bonds. The zero-order valence-corrected chi connectivity index (χ0v) is 53.0. The van der Waals surface area contributed by atoms with Crippen molar-refractivity contribution in [3.05, 3.63) is 105 Å². The van der Waals surface area contributed by atoms with Gasteiger partial charge in [-0.3, -0.25) is 24.7 Å². The minimum atomic E-state index is -1.13. The lowest BCUT2D eigenvalue weighted by molar-refractivity contribution is -0.135. The minimum Gasteiger partial charge on any atom is -0.508 e. The highest BCUT2D eigenvalue weighted by Gasteiger charge is 2.33. The van der Waals surface area contributed by atoms with Crippen LogP contribution in [0.4, 0.5) is 21.0 Å². The van der Waals surface area contributed by atoms with Crippen LogP contribution in [-0.4, -0.2) is 66.1 Å². The van der Waals surface area contributed by atoms with Crippen molar-refractivity contribution >= 4 is 41.3 Å². The lowest BCUT2D eigenvalue weighted by atomic mass is 9.78. The van der Waals surface area contributed by atoms with E-state index in [4.69, 9.17) is 22.5 Å². The molecule has 452 valence electrons. The zero-order chi connectivity index (χ0) is 63.9. The Balaban J connectivity index is 0.000000541. The van der Waals surface area contributed by atoms with Crippen molar-refractivity contribution in [2.45, 2.75) is 223 Å². The minimum absolute atomic E-state index is 0.170. The predicted molar refractivity (Wildman–Crippen MR) is 325 cm³/mol. The number of rotatable bonds is 6. The second-order valence-corrected chi connectivity index (χ2v) is 28.7. The molecule has 0 aliphatic rings. The molecule has 0 saturated heterocycles. The van der Waals surface area contributed by atoms with Crippen molar-refractivity contribution in [2.24, 2.45) is 17.4 Å². The first-order valence-electron chi connectivity index (χ1n) is 26.9. The molecule has 0 aliphatic heterocycles. The molecule has 4 rings (SSSR count). The standard InChI is InChI=1S/C16H25N3O3.C16H26N2O2.C16H25NO3.C15H23NO3/c1-15(2,3)10-7-9(19(18)14(22)13(17)21)8-11(12(10)20)16(4,5)6;1-15(2,3)11-7-10(9-13(19)18-17)8-12(14(11)20)16(4,5)6;1-15(2,3)11-7-10(9-17-14(19)20)8-12(13(11)18)16(4,5)6;1-14(2,3)11-9-10(7-8-12(11)17)16(13(18)19)15(4,5)6/h7-8,20H,18H2,1-6H3,(H2,17,21);7-8,20H,9,17H2,1-6H3,(H,18,19);7-8,17-18H,9H2,1-6H3,(H,19,20);7-9,17H,1-6H3,(H,18,19). The summed E-state index contributed by atoms with van der Waals surface area (Å²) in [5, 5.41) is 62.8. The number of phenols is 4. The highest BCUT2D eigenvalue weighted by Crippen LogP contribution is 2.44. The molecule has 0 fully saturated rings. The third-order valence-corrected chi connectivity index (χ3v) is 12.9. The van der Waals surface area contributed by atoms with Crippen LogP contribution in [0.2, 0.25) is 0 Å². The van der Waals surface area contributed by atoms with E-state index < -0.39 is 29.5 Å². The summed E-state index contributed by atoms with van der Waals surface area (Å²) in [7, 11) is 0. The van der Waals surface area contributed by atoms with Gasteiger partial charge in [0.05, 0.1) is 12.1 Å². The van der Waals surface area contributed by atoms with Crippen LogP contribution in [0.5, 0.6) is 23.0 Å². The number of nitrogens with zero attached hydrogens (tertiary/aromatic N) is 2. The number of aromatic hydroxyl groups is 4. The summed E-state index contributed by atoms with van der Waals surface area (Å²) in [6.45, 7) is 47.8. The van der Waals surface area contributed by atoms with Gasteiger partial charge < -0.3 is 41.7 Å². The summed E-state index contributed by atoms with van der Waals surface area (Å²) in [6, 6.07) is 15.7. The molecule has 81 heavy (non-hydrogen) atoms. The number of carbonyl (C=O) groups is 5. The molecule has 0 aromatic heterocycles. The Labute approximate surface area is 482 Å². The topological polar surface area (TPSA) is 315 Å². The largest absolute Gasteiger partial charge is 0.508 e. The third kappa shape index (κ3) is 20.8. The predicted octanol–water partition coefficient (Wildman–Crippen LogP) is 11.9. The van der Waals surface area contributed by atoms with E-state index in [2.05, 4.69) is 10.7 Å². The molecular formula is C63H99N7O11. The van der Waals surface area contributed by atoms with Crippen molar-refractivity contribution in [2.75, 3.05) is 9.91 Å². The summed E-state index contributed by atoms with van der Waals surface area (Å²) in [4.78, 5) is 57.7. The molecule has 0 spiro atoms. The summed E-state index contributed by atoms with van der Waals surface area (Å²) >= 11 is 0. The van der Waals surface area contributed by atoms with Crippen molar-refractivity contribution in [3.63, 3.8) is 0 Å². The number of carboxylic acid groups (broad SMARTS) is 2. The van der Waals surface area contributed by atoms with Gasteiger partial charge in [0.15, 0.2) is 0 Å². The molecule has 0 radical (unpaired) electrons. The Kier molecular flexibility index (Phi) is 23.3.